The van der Waals surface area contributed by atoms with Crippen LogP contribution in [0, 0.1) is 11.3 Å². The van der Waals surface area contributed by atoms with E-state index in [9.17, 15) is 0 Å². The summed E-state index contributed by atoms with van der Waals surface area (Å²) in [4.78, 5) is 0. The summed E-state index contributed by atoms with van der Waals surface area (Å²) in [5, 5.41) is 0. The quantitative estimate of drug-likeness (QED) is 0.565. The van der Waals surface area contributed by atoms with Crippen molar-refractivity contribution < 1.29 is 0 Å². The summed E-state index contributed by atoms with van der Waals surface area (Å²) >= 11 is 0. The van der Waals surface area contributed by atoms with Crippen LogP contribution in [0.3, 0.4) is 0 Å². The SMILES string of the molecule is NCC1CCC12CCC2. The number of nitrogens with two attached hydrogens (primary N) is 1. The van der Waals surface area contributed by atoms with Crippen molar-refractivity contribution in [3.05, 3.63) is 0 Å². The van der Waals surface area contributed by atoms with Gasteiger partial charge in [0.05, 0.1) is 0 Å². The van der Waals surface area contributed by atoms with Crippen molar-refractivity contribution in [2.24, 2.45) is 17.1 Å². The van der Waals surface area contributed by atoms with Gasteiger partial charge in [0.25, 0.3) is 0 Å². The second-order valence-electron chi connectivity index (χ2n) is 3.69. The number of hydrogen-bond acceptors (Lipinski definition) is 1. The topological polar surface area (TPSA) is 26.0 Å². The smallest absolute Gasteiger partial charge is 0.00436 e. The second-order valence-corrected chi connectivity index (χ2v) is 3.69. The highest BCUT2D eigenvalue weighted by molar-refractivity contribution is 5.00. The fourth-order valence-electron chi connectivity index (χ4n) is 2.41. The fourth-order valence-corrected chi connectivity index (χ4v) is 2.41. The molecule has 0 aromatic carbocycles. The molecule has 1 atom stereocenters. The van der Waals surface area contributed by atoms with Gasteiger partial charge in [-0.25, -0.2) is 0 Å². The summed E-state index contributed by atoms with van der Waals surface area (Å²) in [6, 6.07) is 0. The van der Waals surface area contributed by atoms with Crippen LogP contribution in [-0.4, -0.2) is 6.54 Å². The van der Waals surface area contributed by atoms with Crippen molar-refractivity contribution in [2.75, 3.05) is 6.54 Å². The molecule has 0 amide bonds. The zero-order valence-corrected chi connectivity index (χ0v) is 5.90. The molecule has 1 unspecified atom stereocenters. The van der Waals surface area contributed by atoms with Crippen LogP contribution < -0.4 is 5.73 Å². The predicted molar refractivity (Wildman–Crippen MR) is 38.1 cm³/mol. The molecule has 0 saturated heterocycles. The van der Waals surface area contributed by atoms with E-state index in [0.717, 1.165) is 17.9 Å². The average Bonchev–Trinajstić information content (AvgIpc) is 1.59. The van der Waals surface area contributed by atoms with Gasteiger partial charge in [-0.2, -0.15) is 0 Å². The normalized spacial score (nSPS) is 37.7. The minimum absolute atomic E-state index is 0.786. The van der Waals surface area contributed by atoms with Gasteiger partial charge in [0, 0.05) is 0 Å². The van der Waals surface area contributed by atoms with Crippen molar-refractivity contribution in [1.82, 2.24) is 0 Å². The summed E-state index contributed by atoms with van der Waals surface area (Å²) in [5.41, 5.74) is 6.41. The zero-order chi connectivity index (χ0) is 6.32. The molecule has 9 heavy (non-hydrogen) atoms. The summed E-state index contributed by atoms with van der Waals surface area (Å²) in [6.07, 6.45) is 7.32. The van der Waals surface area contributed by atoms with E-state index in [4.69, 9.17) is 5.73 Å². The highest BCUT2D eigenvalue weighted by Crippen LogP contribution is 2.59. The van der Waals surface area contributed by atoms with Crippen molar-refractivity contribution >= 4 is 0 Å². The highest BCUT2D eigenvalue weighted by Gasteiger charge is 2.49. The Morgan fingerprint density at radius 3 is 2.22 bits per heavy atom. The third-order valence-corrected chi connectivity index (χ3v) is 3.49. The molecule has 0 radical (unpaired) electrons. The highest BCUT2D eigenvalue weighted by atomic mass is 14.6. The minimum atomic E-state index is 0.786. The Morgan fingerprint density at radius 1 is 1.33 bits per heavy atom. The Hall–Kier alpha value is -0.0400. The van der Waals surface area contributed by atoms with Crippen molar-refractivity contribution in [3.8, 4) is 0 Å². The Balaban J connectivity index is 1.97. The standard InChI is InChI=1S/C8H15N/c9-6-7-2-5-8(7)3-1-4-8/h7H,1-6,9H2. The lowest BCUT2D eigenvalue weighted by molar-refractivity contribution is -0.0430. The summed E-state index contributed by atoms with van der Waals surface area (Å²) in [5.74, 6) is 0.909. The van der Waals surface area contributed by atoms with E-state index in [1.807, 2.05) is 0 Å². The van der Waals surface area contributed by atoms with E-state index in [1.54, 1.807) is 0 Å². The van der Waals surface area contributed by atoms with Crippen LogP contribution in [0.1, 0.15) is 32.1 Å². The summed E-state index contributed by atoms with van der Waals surface area (Å²) in [6.45, 7) is 0.944. The van der Waals surface area contributed by atoms with Gasteiger partial charge < -0.3 is 5.73 Å². The lowest BCUT2D eigenvalue weighted by Gasteiger charge is -2.56. The second kappa shape index (κ2) is 1.72. The Kier molecular flexibility index (Phi) is 1.10. The van der Waals surface area contributed by atoms with Crippen LogP contribution >= 0.6 is 0 Å². The molecule has 2 aliphatic carbocycles. The van der Waals surface area contributed by atoms with Crippen LogP contribution in [0.2, 0.25) is 0 Å². The Labute approximate surface area is 56.6 Å². The van der Waals surface area contributed by atoms with Gasteiger partial charge >= 0.3 is 0 Å². The average molecular weight is 125 g/mol. The van der Waals surface area contributed by atoms with Crippen LogP contribution in [-0.2, 0) is 0 Å². The van der Waals surface area contributed by atoms with E-state index in [2.05, 4.69) is 0 Å². The van der Waals surface area contributed by atoms with E-state index < -0.39 is 0 Å². The minimum Gasteiger partial charge on any atom is -0.330 e. The molecular weight excluding hydrogens is 110 g/mol. The molecule has 1 nitrogen and oxygen atoms in total. The summed E-state index contributed by atoms with van der Waals surface area (Å²) in [7, 11) is 0. The molecule has 0 heterocycles. The molecule has 0 aromatic rings. The van der Waals surface area contributed by atoms with Gasteiger partial charge in [-0.15, -0.1) is 0 Å². The fraction of sp³-hybridized carbons (Fsp3) is 1.00. The van der Waals surface area contributed by atoms with E-state index >= 15 is 0 Å². The first-order valence-electron chi connectivity index (χ1n) is 4.07. The Bertz CT molecular complexity index is 108. The lowest BCUT2D eigenvalue weighted by atomic mass is 9.50. The monoisotopic (exact) mass is 125 g/mol. The summed E-state index contributed by atoms with van der Waals surface area (Å²) < 4.78 is 0. The van der Waals surface area contributed by atoms with Crippen molar-refractivity contribution in [2.45, 2.75) is 32.1 Å². The predicted octanol–water partition coefficient (Wildman–Crippen LogP) is 1.53. The van der Waals surface area contributed by atoms with Crippen LogP contribution in [0.15, 0.2) is 0 Å². The molecule has 2 N–H and O–H groups in total. The van der Waals surface area contributed by atoms with E-state index in [-0.39, 0.29) is 0 Å². The van der Waals surface area contributed by atoms with Gasteiger partial charge in [0.1, 0.15) is 0 Å². The van der Waals surface area contributed by atoms with E-state index in [0.29, 0.717) is 0 Å². The third kappa shape index (κ3) is 0.586. The largest absolute Gasteiger partial charge is 0.330 e. The molecule has 0 aromatic heterocycles. The first-order chi connectivity index (χ1) is 4.37. The number of rotatable bonds is 1. The van der Waals surface area contributed by atoms with Crippen LogP contribution in [0.4, 0.5) is 0 Å². The molecule has 2 rings (SSSR count). The van der Waals surface area contributed by atoms with Crippen LogP contribution in [0.25, 0.3) is 0 Å². The van der Waals surface area contributed by atoms with Gasteiger partial charge in [-0.05, 0) is 43.6 Å². The molecule has 1 heteroatoms. The molecule has 0 aliphatic heterocycles. The Morgan fingerprint density at radius 2 is 2.11 bits per heavy atom. The first kappa shape index (κ1) is 5.72. The van der Waals surface area contributed by atoms with E-state index in [1.165, 1.54) is 32.1 Å². The van der Waals surface area contributed by atoms with Gasteiger partial charge in [-0.1, -0.05) is 6.42 Å². The van der Waals surface area contributed by atoms with Gasteiger partial charge in [-0.3, -0.25) is 0 Å². The van der Waals surface area contributed by atoms with Crippen molar-refractivity contribution in [3.63, 3.8) is 0 Å². The zero-order valence-electron chi connectivity index (χ0n) is 5.90. The first-order valence-corrected chi connectivity index (χ1v) is 4.07. The molecule has 0 bridgehead atoms. The molecular formula is C8H15N. The molecule has 2 saturated carbocycles. The maximum atomic E-state index is 5.62. The van der Waals surface area contributed by atoms with Gasteiger partial charge in [0.15, 0.2) is 0 Å². The lowest BCUT2D eigenvalue weighted by Crippen LogP contribution is -2.48. The van der Waals surface area contributed by atoms with Crippen LogP contribution in [0.5, 0.6) is 0 Å². The van der Waals surface area contributed by atoms with Gasteiger partial charge in [0.2, 0.25) is 0 Å². The molecule has 52 valence electrons. The molecule has 1 spiro atoms. The maximum Gasteiger partial charge on any atom is -0.00436 e. The molecule has 2 aliphatic rings. The molecule has 2 fully saturated rings. The maximum absolute atomic E-state index is 5.62. The number of hydrogen-bond donors (Lipinski definition) is 1. The van der Waals surface area contributed by atoms with Crippen molar-refractivity contribution in [1.29, 1.82) is 0 Å². The third-order valence-electron chi connectivity index (χ3n) is 3.49.